The lowest BCUT2D eigenvalue weighted by atomic mass is 10.2. The van der Waals surface area contributed by atoms with Gasteiger partial charge in [-0.05, 0) is 6.07 Å². The van der Waals surface area contributed by atoms with E-state index in [0.29, 0.717) is 5.69 Å². The van der Waals surface area contributed by atoms with Gasteiger partial charge in [-0.25, -0.2) is 4.39 Å². The summed E-state index contributed by atoms with van der Waals surface area (Å²) in [6.07, 6.45) is 0. The van der Waals surface area contributed by atoms with Crippen molar-refractivity contribution >= 4 is 11.4 Å². The maximum atomic E-state index is 12.7. The summed E-state index contributed by atoms with van der Waals surface area (Å²) < 4.78 is 17.5. The summed E-state index contributed by atoms with van der Waals surface area (Å²) in [7, 11) is 1.41. The van der Waals surface area contributed by atoms with Gasteiger partial charge in [0.15, 0.2) is 5.82 Å². The monoisotopic (exact) mass is 186 g/mol. The Morgan fingerprint density at radius 3 is 2.23 bits per heavy atom. The molecule has 0 fully saturated rings. The third-order valence-corrected chi connectivity index (χ3v) is 1.33. The second-order valence-corrected chi connectivity index (χ2v) is 2.12. The molecule has 0 bridgehead atoms. The van der Waals surface area contributed by atoms with Crippen LogP contribution in [0.5, 0.6) is 5.75 Å². The van der Waals surface area contributed by atoms with Crippen LogP contribution in [0.15, 0.2) is 12.1 Å². The van der Waals surface area contributed by atoms with Gasteiger partial charge < -0.3 is 16.2 Å². The van der Waals surface area contributed by atoms with Crippen molar-refractivity contribution in [3.05, 3.63) is 17.9 Å². The molecular formula is C9H15FN2O. The third kappa shape index (κ3) is 2.82. The largest absolute Gasteiger partial charge is 0.494 e. The van der Waals surface area contributed by atoms with E-state index in [1.54, 1.807) is 0 Å². The lowest BCUT2D eigenvalue weighted by molar-refractivity contribution is 0.414. The highest BCUT2D eigenvalue weighted by molar-refractivity contribution is 5.60. The van der Waals surface area contributed by atoms with Gasteiger partial charge in [-0.3, -0.25) is 0 Å². The summed E-state index contributed by atoms with van der Waals surface area (Å²) in [5.74, 6) is -0.288. The van der Waals surface area contributed by atoms with Gasteiger partial charge in [0.2, 0.25) is 0 Å². The molecule has 0 atom stereocenters. The van der Waals surface area contributed by atoms with Crippen molar-refractivity contribution in [1.82, 2.24) is 0 Å². The first-order valence-corrected chi connectivity index (χ1v) is 4.03. The zero-order valence-corrected chi connectivity index (χ0v) is 8.10. The summed E-state index contributed by atoms with van der Waals surface area (Å²) in [5.41, 5.74) is 10.9. The fraction of sp³-hybridized carbons (Fsp3) is 0.333. The second-order valence-electron chi connectivity index (χ2n) is 2.12. The summed E-state index contributed by atoms with van der Waals surface area (Å²) in [5, 5.41) is 0. The molecule has 1 rings (SSSR count). The van der Waals surface area contributed by atoms with Crippen LogP contribution in [0.4, 0.5) is 15.8 Å². The molecule has 0 heterocycles. The first-order chi connectivity index (χ1) is 6.15. The summed E-state index contributed by atoms with van der Waals surface area (Å²) in [6.45, 7) is 4.00. The van der Waals surface area contributed by atoms with Gasteiger partial charge in [0.1, 0.15) is 11.4 Å². The normalized spacial score (nSPS) is 8.62. The van der Waals surface area contributed by atoms with E-state index in [1.165, 1.54) is 13.2 Å². The van der Waals surface area contributed by atoms with Gasteiger partial charge in [-0.2, -0.15) is 0 Å². The maximum absolute atomic E-state index is 12.7. The van der Waals surface area contributed by atoms with E-state index in [-0.39, 0.29) is 11.4 Å². The van der Waals surface area contributed by atoms with Gasteiger partial charge in [0.25, 0.3) is 0 Å². The highest BCUT2D eigenvalue weighted by Crippen LogP contribution is 2.26. The fourth-order valence-electron chi connectivity index (χ4n) is 0.781. The Balaban J connectivity index is 0.000000671. The van der Waals surface area contributed by atoms with E-state index in [1.807, 2.05) is 13.8 Å². The minimum Gasteiger partial charge on any atom is -0.494 e. The van der Waals surface area contributed by atoms with Crippen LogP contribution >= 0.6 is 0 Å². The molecule has 3 nitrogen and oxygen atoms in total. The average molecular weight is 186 g/mol. The fourth-order valence-corrected chi connectivity index (χ4v) is 0.781. The van der Waals surface area contributed by atoms with Gasteiger partial charge >= 0.3 is 0 Å². The van der Waals surface area contributed by atoms with Gasteiger partial charge in [0.05, 0.1) is 7.11 Å². The SMILES string of the molecule is CC.COc1cc(N)cc(F)c1N. The minimum atomic E-state index is -0.554. The van der Waals surface area contributed by atoms with Crippen molar-refractivity contribution in [3.63, 3.8) is 0 Å². The average Bonchev–Trinajstić information content (AvgIpc) is 2.14. The van der Waals surface area contributed by atoms with Crippen molar-refractivity contribution in [3.8, 4) is 5.75 Å². The highest BCUT2D eigenvalue weighted by atomic mass is 19.1. The molecule has 0 aliphatic rings. The molecule has 0 saturated heterocycles. The molecule has 1 aromatic rings. The van der Waals surface area contributed by atoms with Crippen molar-refractivity contribution in [2.45, 2.75) is 13.8 Å². The van der Waals surface area contributed by atoms with Crippen molar-refractivity contribution < 1.29 is 9.13 Å². The van der Waals surface area contributed by atoms with Crippen LogP contribution in [0.3, 0.4) is 0 Å². The van der Waals surface area contributed by atoms with Crippen molar-refractivity contribution in [1.29, 1.82) is 0 Å². The second kappa shape index (κ2) is 5.24. The van der Waals surface area contributed by atoms with Crippen LogP contribution in [0.25, 0.3) is 0 Å². The lowest BCUT2D eigenvalue weighted by Crippen LogP contribution is -1.97. The van der Waals surface area contributed by atoms with E-state index < -0.39 is 5.82 Å². The molecule has 0 unspecified atom stereocenters. The summed E-state index contributed by atoms with van der Waals surface area (Å²) >= 11 is 0. The molecular weight excluding hydrogens is 171 g/mol. The number of benzene rings is 1. The zero-order valence-electron chi connectivity index (χ0n) is 8.10. The van der Waals surface area contributed by atoms with E-state index in [0.717, 1.165) is 6.07 Å². The molecule has 0 saturated carbocycles. The highest BCUT2D eigenvalue weighted by Gasteiger charge is 2.05. The Labute approximate surface area is 77.5 Å². The molecule has 0 aliphatic heterocycles. The molecule has 0 aromatic heterocycles. The topological polar surface area (TPSA) is 61.3 Å². The lowest BCUT2D eigenvalue weighted by Gasteiger charge is -2.05. The predicted molar refractivity (Wildman–Crippen MR) is 53.1 cm³/mol. The van der Waals surface area contributed by atoms with Crippen molar-refractivity contribution in [2.75, 3.05) is 18.6 Å². The first-order valence-electron chi connectivity index (χ1n) is 4.03. The van der Waals surface area contributed by atoms with Gasteiger partial charge in [-0.1, -0.05) is 13.8 Å². The molecule has 0 amide bonds. The molecule has 13 heavy (non-hydrogen) atoms. The quantitative estimate of drug-likeness (QED) is 0.659. The standard InChI is InChI=1S/C7H9FN2O.C2H6/c1-11-6-3-4(9)2-5(8)7(6)10;1-2/h2-3H,9-10H2,1H3;1-2H3. The van der Waals surface area contributed by atoms with Crippen LogP contribution in [0, 0.1) is 5.82 Å². The first kappa shape index (κ1) is 11.6. The molecule has 0 aliphatic carbocycles. The molecule has 0 spiro atoms. The smallest absolute Gasteiger partial charge is 0.151 e. The maximum Gasteiger partial charge on any atom is 0.151 e. The van der Waals surface area contributed by atoms with Gasteiger partial charge in [-0.15, -0.1) is 0 Å². The van der Waals surface area contributed by atoms with E-state index in [2.05, 4.69) is 0 Å². The van der Waals surface area contributed by atoms with Gasteiger partial charge in [0, 0.05) is 11.8 Å². The Morgan fingerprint density at radius 2 is 1.77 bits per heavy atom. The Hall–Kier alpha value is -1.45. The number of methoxy groups -OCH3 is 1. The van der Waals surface area contributed by atoms with Crippen LogP contribution in [-0.2, 0) is 0 Å². The number of anilines is 2. The van der Waals surface area contributed by atoms with Crippen molar-refractivity contribution in [2.24, 2.45) is 0 Å². The molecule has 1 aromatic carbocycles. The number of ether oxygens (including phenoxy) is 1. The molecule has 4 N–H and O–H groups in total. The third-order valence-electron chi connectivity index (χ3n) is 1.33. The zero-order chi connectivity index (χ0) is 10.4. The van der Waals surface area contributed by atoms with E-state index >= 15 is 0 Å². The predicted octanol–water partition coefficient (Wildman–Crippen LogP) is 2.02. The number of rotatable bonds is 1. The number of nitrogen functional groups attached to an aromatic ring is 2. The van der Waals surface area contributed by atoms with Crippen LogP contribution in [0.2, 0.25) is 0 Å². The van der Waals surface area contributed by atoms with E-state index in [9.17, 15) is 4.39 Å². The molecule has 4 heteroatoms. The number of nitrogens with two attached hydrogens (primary N) is 2. The summed E-state index contributed by atoms with van der Waals surface area (Å²) in [6, 6.07) is 2.62. The van der Waals surface area contributed by atoms with Crippen LogP contribution in [0.1, 0.15) is 13.8 Å². The van der Waals surface area contributed by atoms with Crippen LogP contribution in [-0.4, -0.2) is 7.11 Å². The Kier molecular flexibility index (Phi) is 4.66. The van der Waals surface area contributed by atoms with E-state index in [4.69, 9.17) is 16.2 Å². The number of hydrogen-bond acceptors (Lipinski definition) is 3. The Morgan fingerprint density at radius 1 is 1.23 bits per heavy atom. The van der Waals surface area contributed by atoms with Crippen LogP contribution < -0.4 is 16.2 Å². The Bertz CT molecular complexity index is 277. The number of hydrogen-bond donors (Lipinski definition) is 2. The minimum absolute atomic E-state index is 0.0123. The molecule has 74 valence electrons. The number of halogens is 1. The summed E-state index contributed by atoms with van der Waals surface area (Å²) in [4.78, 5) is 0. The molecule has 0 radical (unpaired) electrons.